The summed E-state index contributed by atoms with van der Waals surface area (Å²) in [5, 5.41) is 18.0. The number of nitrogens with zero attached hydrogens (tertiary/aromatic N) is 1. The number of fused-ring (bicyclic) bond motifs is 2. The Balaban J connectivity index is 1.89. The van der Waals surface area contributed by atoms with Crippen LogP contribution in [0.5, 0.6) is 0 Å². The maximum absolute atomic E-state index is 13.3. The normalized spacial score (nSPS) is 30.3. The summed E-state index contributed by atoms with van der Waals surface area (Å²) in [5.41, 5.74) is 0.368. The molecule has 1 spiro atoms. The molecule has 2 N–H and O–H groups in total. The van der Waals surface area contributed by atoms with E-state index in [1.165, 1.54) is 12.1 Å². The minimum atomic E-state index is -1.43. The van der Waals surface area contributed by atoms with Crippen LogP contribution in [0.15, 0.2) is 48.5 Å². The Kier molecular flexibility index (Phi) is 3.36. The Morgan fingerprint density at radius 3 is 2.52 bits per heavy atom. The molecule has 1 amide bonds. The smallest absolute Gasteiger partial charge is 0.256 e. The van der Waals surface area contributed by atoms with Crippen molar-refractivity contribution in [3.63, 3.8) is 0 Å². The molecule has 0 radical (unpaired) electrons. The van der Waals surface area contributed by atoms with Gasteiger partial charge in [-0.15, -0.1) is 0 Å². The number of carbonyl (C=O) groups is 1. The lowest BCUT2D eigenvalue weighted by Gasteiger charge is -2.25. The first-order valence-corrected chi connectivity index (χ1v) is 8.03. The maximum Gasteiger partial charge on any atom is 0.256 e. The van der Waals surface area contributed by atoms with Gasteiger partial charge < -0.3 is 5.32 Å². The molecule has 6 nitrogen and oxygen atoms in total. The molecule has 0 aromatic heterocycles. The monoisotopic (exact) mass is 341 g/mol. The van der Waals surface area contributed by atoms with E-state index in [9.17, 15) is 19.3 Å². The highest BCUT2D eigenvalue weighted by Gasteiger charge is 2.67. The largest absolute Gasteiger partial charge is 0.324 e. The van der Waals surface area contributed by atoms with Gasteiger partial charge in [-0.1, -0.05) is 30.3 Å². The van der Waals surface area contributed by atoms with Crippen molar-refractivity contribution in [3.8, 4) is 0 Å². The van der Waals surface area contributed by atoms with Crippen molar-refractivity contribution in [1.82, 2.24) is 5.32 Å². The van der Waals surface area contributed by atoms with Crippen LogP contribution in [0, 0.1) is 15.9 Å². The number of anilines is 1. The molecule has 2 aliphatic heterocycles. The molecule has 25 heavy (non-hydrogen) atoms. The van der Waals surface area contributed by atoms with Gasteiger partial charge in [-0.25, -0.2) is 4.39 Å². The highest BCUT2D eigenvalue weighted by Crippen LogP contribution is 2.49. The second-order valence-corrected chi connectivity index (χ2v) is 6.55. The van der Waals surface area contributed by atoms with E-state index in [1.54, 1.807) is 36.4 Å². The predicted octanol–water partition coefficient (Wildman–Crippen LogP) is 2.39. The van der Waals surface area contributed by atoms with E-state index in [2.05, 4.69) is 10.6 Å². The lowest BCUT2D eigenvalue weighted by molar-refractivity contribution is -0.532. The van der Waals surface area contributed by atoms with Crippen molar-refractivity contribution in [3.05, 3.63) is 75.6 Å². The molecule has 0 bridgehead atoms. The zero-order chi connectivity index (χ0) is 17.8. The van der Waals surface area contributed by atoms with Crippen LogP contribution in [0.2, 0.25) is 0 Å². The summed E-state index contributed by atoms with van der Waals surface area (Å²) < 4.78 is 13.3. The fourth-order valence-electron chi connectivity index (χ4n) is 4.24. The first kappa shape index (κ1) is 15.7. The lowest BCUT2D eigenvalue weighted by atomic mass is 9.78. The van der Waals surface area contributed by atoms with Gasteiger partial charge in [0.1, 0.15) is 5.82 Å². The number of amides is 1. The van der Waals surface area contributed by atoms with Crippen molar-refractivity contribution < 1.29 is 14.1 Å². The van der Waals surface area contributed by atoms with Gasteiger partial charge in [-0.3, -0.25) is 20.2 Å². The molecule has 1 fully saturated rings. The molecule has 0 unspecified atom stereocenters. The number of nitro groups is 1. The molecule has 2 aliphatic rings. The second kappa shape index (κ2) is 5.35. The topological polar surface area (TPSA) is 84.3 Å². The van der Waals surface area contributed by atoms with Crippen LogP contribution in [0.3, 0.4) is 0 Å². The summed E-state index contributed by atoms with van der Waals surface area (Å²) >= 11 is 0. The number of benzene rings is 2. The average molecular weight is 341 g/mol. The van der Waals surface area contributed by atoms with Crippen molar-refractivity contribution in [2.24, 2.45) is 0 Å². The molecule has 2 aromatic rings. The summed E-state index contributed by atoms with van der Waals surface area (Å²) in [6.07, 6.45) is 0. The lowest BCUT2D eigenvalue weighted by Crippen LogP contribution is -2.54. The van der Waals surface area contributed by atoms with Gasteiger partial charge in [0.15, 0.2) is 5.54 Å². The fourth-order valence-corrected chi connectivity index (χ4v) is 4.24. The van der Waals surface area contributed by atoms with Crippen molar-refractivity contribution in [2.45, 2.75) is 30.5 Å². The molecule has 1 saturated heterocycles. The van der Waals surface area contributed by atoms with Crippen LogP contribution in [0.25, 0.3) is 0 Å². The molecular formula is C18H16FN3O3. The van der Waals surface area contributed by atoms with Crippen LogP contribution in [0.4, 0.5) is 10.1 Å². The standard InChI is InChI=1S/C18H16FN3O3/c1-10-15(11-6-8-12(19)9-7-11)16(22(24)25)18(21-10)13-4-2-3-5-14(13)20-17(18)23/h2-10,15-16,21H,1H3,(H,20,23)/t10-,15+,16-,18-/m0/s1. The first-order valence-electron chi connectivity index (χ1n) is 8.03. The van der Waals surface area contributed by atoms with Crippen LogP contribution in [-0.2, 0) is 10.3 Å². The Bertz CT molecular complexity index is 870. The third-order valence-corrected chi connectivity index (χ3v) is 5.22. The molecule has 128 valence electrons. The quantitative estimate of drug-likeness (QED) is 0.649. The van der Waals surface area contributed by atoms with E-state index in [0.29, 0.717) is 16.8 Å². The van der Waals surface area contributed by atoms with Gasteiger partial charge in [0, 0.05) is 22.2 Å². The van der Waals surface area contributed by atoms with Crippen LogP contribution < -0.4 is 10.6 Å². The molecule has 4 rings (SSSR count). The Labute approximate surface area is 143 Å². The van der Waals surface area contributed by atoms with E-state index in [1.807, 2.05) is 6.92 Å². The van der Waals surface area contributed by atoms with E-state index in [4.69, 9.17) is 0 Å². The molecule has 0 aliphatic carbocycles. The zero-order valence-electron chi connectivity index (χ0n) is 13.4. The van der Waals surface area contributed by atoms with Gasteiger partial charge in [0.05, 0.1) is 5.92 Å². The number of rotatable bonds is 2. The van der Waals surface area contributed by atoms with E-state index >= 15 is 0 Å². The van der Waals surface area contributed by atoms with Crippen molar-refractivity contribution >= 4 is 11.6 Å². The van der Waals surface area contributed by atoms with Crippen LogP contribution in [0.1, 0.15) is 24.0 Å². The SMILES string of the molecule is C[C@@H]1N[C@]2(C(=O)Nc3ccccc32)[C@@H]([N+](=O)[O-])[C@H]1c1ccc(F)cc1. The Morgan fingerprint density at radius 1 is 1.16 bits per heavy atom. The predicted molar refractivity (Wildman–Crippen MR) is 89.3 cm³/mol. The van der Waals surface area contributed by atoms with Gasteiger partial charge in [0.2, 0.25) is 0 Å². The number of nitrogens with one attached hydrogen (secondary N) is 2. The number of hydrogen-bond donors (Lipinski definition) is 2. The maximum atomic E-state index is 13.3. The van der Waals surface area contributed by atoms with Crippen molar-refractivity contribution in [2.75, 3.05) is 5.32 Å². The summed E-state index contributed by atoms with van der Waals surface area (Å²) in [6, 6.07) is 11.1. The molecule has 0 saturated carbocycles. The molecule has 7 heteroatoms. The zero-order valence-corrected chi connectivity index (χ0v) is 13.4. The third-order valence-electron chi connectivity index (χ3n) is 5.22. The summed E-state index contributed by atoms with van der Waals surface area (Å²) in [4.78, 5) is 24.4. The molecule has 2 heterocycles. The van der Waals surface area contributed by atoms with Crippen LogP contribution >= 0.6 is 0 Å². The first-order chi connectivity index (χ1) is 11.9. The highest BCUT2D eigenvalue weighted by atomic mass is 19.1. The van der Waals surface area contributed by atoms with Crippen molar-refractivity contribution in [1.29, 1.82) is 0 Å². The second-order valence-electron chi connectivity index (χ2n) is 6.55. The van der Waals surface area contributed by atoms with E-state index < -0.39 is 34.1 Å². The Hall–Kier alpha value is -2.80. The van der Waals surface area contributed by atoms with Gasteiger partial charge in [0.25, 0.3) is 11.9 Å². The Morgan fingerprint density at radius 2 is 1.84 bits per heavy atom. The molecular weight excluding hydrogens is 325 g/mol. The minimum absolute atomic E-state index is 0.335. The highest BCUT2D eigenvalue weighted by molar-refractivity contribution is 6.07. The van der Waals surface area contributed by atoms with Gasteiger partial charge in [-0.05, 0) is 30.7 Å². The van der Waals surface area contributed by atoms with E-state index in [-0.39, 0.29) is 6.04 Å². The summed E-state index contributed by atoms with van der Waals surface area (Å²) in [5.74, 6) is -1.39. The average Bonchev–Trinajstić information content (AvgIpc) is 3.04. The minimum Gasteiger partial charge on any atom is -0.324 e. The number of carbonyl (C=O) groups excluding carboxylic acids is 1. The summed E-state index contributed by atoms with van der Waals surface area (Å²) in [6.45, 7) is 1.81. The number of halogens is 1. The number of hydrogen-bond acceptors (Lipinski definition) is 4. The molecule has 2 aromatic carbocycles. The summed E-state index contributed by atoms with van der Waals surface area (Å²) in [7, 11) is 0. The van der Waals surface area contributed by atoms with Crippen LogP contribution in [-0.4, -0.2) is 22.9 Å². The van der Waals surface area contributed by atoms with Gasteiger partial charge >= 0.3 is 0 Å². The fraction of sp³-hybridized carbons (Fsp3) is 0.278. The number of para-hydroxylation sites is 1. The van der Waals surface area contributed by atoms with E-state index in [0.717, 1.165) is 0 Å². The third kappa shape index (κ3) is 2.09. The molecule has 4 atom stereocenters. The van der Waals surface area contributed by atoms with Gasteiger partial charge in [-0.2, -0.15) is 0 Å².